The molecule has 1 saturated carbocycles. The number of nitrogen functional groups attached to an aromatic ring is 1. The highest BCUT2D eigenvalue weighted by Gasteiger charge is 2.65. The molecule has 1 heterocycles. The van der Waals surface area contributed by atoms with Crippen LogP contribution in [0.3, 0.4) is 0 Å². The smallest absolute Gasteiger partial charge is 0.223 e. The molecule has 4 N–H and O–H groups in total. The quantitative estimate of drug-likeness (QED) is 0.761. The fraction of sp³-hybridized carbons (Fsp3) is 0.714. The molecule has 2 rings (SSSR count). The lowest BCUT2D eigenvalue weighted by atomic mass is 10.0. The van der Waals surface area contributed by atoms with Crippen LogP contribution in [0.15, 0.2) is 6.07 Å². The molecule has 0 aliphatic heterocycles. The van der Waals surface area contributed by atoms with Crippen molar-refractivity contribution in [3.05, 3.63) is 6.07 Å². The third kappa shape index (κ3) is 2.46. The number of nitrogens with zero attached hydrogens (tertiary/aromatic N) is 2. The van der Waals surface area contributed by atoms with Crippen LogP contribution in [0, 0.1) is 10.8 Å². The lowest BCUT2D eigenvalue weighted by Gasteiger charge is -2.10. The zero-order valence-electron chi connectivity index (χ0n) is 12.5. The van der Waals surface area contributed by atoms with Crippen LogP contribution >= 0.6 is 0 Å². The molecular weight excluding hydrogens is 238 g/mol. The van der Waals surface area contributed by atoms with Gasteiger partial charge in [0.2, 0.25) is 5.95 Å². The van der Waals surface area contributed by atoms with Gasteiger partial charge < -0.3 is 16.4 Å². The lowest BCUT2D eigenvalue weighted by Crippen LogP contribution is -2.13. The molecule has 0 saturated heterocycles. The summed E-state index contributed by atoms with van der Waals surface area (Å²) in [4.78, 5) is 8.46. The second-order valence-electron chi connectivity index (χ2n) is 6.44. The van der Waals surface area contributed by atoms with Gasteiger partial charge in [-0.05, 0) is 17.3 Å². The van der Waals surface area contributed by atoms with E-state index in [4.69, 9.17) is 5.73 Å². The van der Waals surface area contributed by atoms with Gasteiger partial charge in [-0.3, -0.25) is 0 Å². The molecule has 0 aromatic carbocycles. The van der Waals surface area contributed by atoms with Crippen molar-refractivity contribution in [3.8, 4) is 0 Å². The van der Waals surface area contributed by atoms with E-state index in [1.807, 2.05) is 6.07 Å². The van der Waals surface area contributed by atoms with Gasteiger partial charge in [-0.15, -0.1) is 0 Å². The molecule has 1 aromatic heterocycles. The molecule has 0 spiro atoms. The number of rotatable bonds is 5. The maximum atomic E-state index is 5.76. The van der Waals surface area contributed by atoms with E-state index < -0.39 is 0 Å². The minimum Gasteiger partial charge on any atom is -0.370 e. The maximum absolute atomic E-state index is 5.76. The Balaban J connectivity index is 2.11. The Labute approximate surface area is 115 Å². The van der Waals surface area contributed by atoms with Crippen molar-refractivity contribution >= 4 is 17.6 Å². The first-order chi connectivity index (χ1) is 8.79. The van der Waals surface area contributed by atoms with Crippen LogP contribution in [-0.4, -0.2) is 22.6 Å². The summed E-state index contributed by atoms with van der Waals surface area (Å²) in [6.45, 7) is 12.1. The topological polar surface area (TPSA) is 75.9 Å². The first-order valence-electron chi connectivity index (χ1n) is 6.94. The molecule has 0 amide bonds. The average Bonchev–Trinajstić information content (AvgIpc) is 2.68. The van der Waals surface area contributed by atoms with Crippen LogP contribution in [0.4, 0.5) is 17.6 Å². The Bertz CT molecular complexity index is 453. The van der Waals surface area contributed by atoms with Crippen LogP contribution in [-0.2, 0) is 0 Å². The minimum absolute atomic E-state index is 0.268. The van der Waals surface area contributed by atoms with Crippen LogP contribution in [0.25, 0.3) is 0 Å². The van der Waals surface area contributed by atoms with Crippen molar-refractivity contribution < 1.29 is 0 Å². The van der Waals surface area contributed by atoms with Crippen molar-refractivity contribution in [1.29, 1.82) is 0 Å². The van der Waals surface area contributed by atoms with E-state index in [0.717, 1.165) is 24.6 Å². The second-order valence-corrected chi connectivity index (χ2v) is 6.44. The van der Waals surface area contributed by atoms with Gasteiger partial charge in [0.05, 0.1) is 0 Å². The molecule has 19 heavy (non-hydrogen) atoms. The van der Waals surface area contributed by atoms with Gasteiger partial charge in [-0.2, -0.15) is 9.97 Å². The van der Waals surface area contributed by atoms with Gasteiger partial charge >= 0.3 is 0 Å². The standard InChI is InChI=1S/C14H25N5/c1-6-7-16-9-8-10(19-12(15)18-9)17-11-13(2,3)14(11,4)5/h8,11H,6-7H2,1-5H3,(H4,15,16,17,18,19). The van der Waals surface area contributed by atoms with Crippen LogP contribution in [0.2, 0.25) is 0 Å². The molecule has 0 bridgehead atoms. The van der Waals surface area contributed by atoms with Crippen molar-refractivity contribution in [2.75, 3.05) is 22.9 Å². The third-order valence-electron chi connectivity index (χ3n) is 4.61. The summed E-state index contributed by atoms with van der Waals surface area (Å²) in [6, 6.07) is 2.34. The Morgan fingerprint density at radius 3 is 2.26 bits per heavy atom. The molecule has 106 valence electrons. The molecule has 1 aliphatic carbocycles. The largest absolute Gasteiger partial charge is 0.370 e. The zero-order chi connectivity index (χ0) is 14.3. The fourth-order valence-electron chi connectivity index (χ4n) is 2.59. The van der Waals surface area contributed by atoms with E-state index in [0.29, 0.717) is 12.0 Å². The van der Waals surface area contributed by atoms with Gasteiger partial charge in [0.15, 0.2) is 0 Å². The first kappa shape index (κ1) is 13.9. The molecule has 0 unspecified atom stereocenters. The second kappa shape index (κ2) is 4.54. The van der Waals surface area contributed by atoms with Crippen molar-refractivity contribution in [3.63, 3.8) is 0 Å². The van der Waals surface area contributed by atoms with Gasteiger partial charge in [-0.1, -0.05) is 34.6 Å². The van der Waals surface area contributed by atoms with Crippen molar-refractivity contribution in [2.45, 2.75) is 47.1 Å². The monoisotopic (exact) mass is 263 g/mol. The van der Waals surface area contributed by atoms with Gasteiger partial charge in [-0.25, -0.2) is 0 Å². The van der Waals surface area contributed by atoms with E-state index in [2.05, 4.69) is 55.2 Å². The Hall–Kier alpha value is -1.52. The third-order valence-corrected chi connectivity index (χ3v) is 4.61. The molecule has 0 radical (unpaired) electrons. The number of nitrogens with two attached hydrogens (primary N) is 1. The highest BCUT2D eigenvalue weighted by molar-refractivity contribution is 5.53. The van der Waals surface area contributed by atoms with Crippen molar-refractivity contribution in [2.24, 2.45) is 10.8 Å². The summed E-state index contributed by atoms with van der Waals surface area (Å²) in [6.07, 6.45) is 1.05. The van der Waals surface area contributed by atoms with E-state index in [1.54, 1.807) is 0 Å². The van der Waals surface area contributed by atoms with Gasteiger partial charge in [0, 0.05) is 18.7 Å². The SMILES string of the molecule is CCCNc1cc(NC2C(C)(C)C2(C)C)nc(N)n1. The first-order valence-corrected chi connectivity index (χ1v) is 6.94. The summed E-state index contributed by atoms with van der Waals surface area (Å²) in [5, 5.41) is 6.72. The van der Waals surface area contributed by atoms with E-state index in [-0.39, 0.29) is 10.8 Å². The summed E-state index contributed by atoms with van der Waals surface area (Å²) < 4.78 is 0. The molecule has 5 heteroatoms. The Morgan fingerprint density at radius 1 is 1.16 bits per heavy atom. The maximum Gasteiger partial charge on any atom is 0.223 e. The molecule has 5 nitrogen and oxygen atoms in total. The lowest BCUT2D eigenvalue weighted by molar-refractivity contribution is 0.457. The van der Waals surface area contributed by atoms with E-state index in [9.17, 15) is 0 Å². The summed E-state index contributed by atoms with van der Waals surface area (Å²) in [5.74, 6) is 1.89. The summed E-state index contributed by atoms with van der Waals surface area (Å²) in [7, 11) is 0. The summed E-state index contributed by atoms with van der Waals surface area (Å²) >= 11 is 0. The highest BCUT2D eigenvalue weighted by atomic mass is 15.2. The van der Waals surface area contributed by atoms with Crippen LogP contribution in [0.1, 0.15) is 41.0 Å². The zero-order valence-corrected chi connectivity index (χ0v) is 12.5. The fourth-order valence-corrected chi connectivity index (χ4v) is 2.59. The van der Waals surface area contributed by atoms with Gasteiger partial charge in [0.1, 0.15) is 11.6 Å². The Morgan fingerprint density at radius 2 is 1.74 bits per heavy atom. The van der Waals surface area contributed by atoms with E-state index >= 15 is 0 Å². The van der Waals surface area contributed by atoms with Crippen LogP contribution in [0.5, 0.6) is 0 Å². The molecule has 1 aromatic rings. The molecule has 0 atom stereocenters. The van der Waals surface area contributed by atoms with E-state index in [1.165, 1.54) is 0 Å². The minimum atomic E-state index is 0.268. The van der Waals surface area contributed by atoms with Crippen molar-refractivity contribution in [1.82, 2.24) is 9.97 Å². The number of nitrogens with one attached hydrogen (secondary N) is 2. The van der Waals surface area contributed by atoms with Gasteiger partial charge in [0.25, 0.3) is 0 Å². The highest BCUT2D eigenvalue weighted by Crippen LogP contribution is 2.63. The molecular formula is C14H25N5. The summed E-state index contributed by atoms with van der Waals surface area (Å²) in [5.41, 5.74) is 6.30. The number of anilines is 3. The molecule has 1 fully saturated rings. The Kier molecular flexibility index (Phi) is 3.32. The average molecular weight is 263 g/mol. The van der Waals surface area contributed by atoms with Crippen LogP contribution < -0.4 is 16.4 Å². The predicted molar refractivity (Wildman–Crippen MR) is 80.2 cm³/mol. The molecule has 1 aliphatic rings. The number of hydrogen-bond acceptors (Lipinski definition) is 5. The number of hydrogen-bond donors (Lipinski definition) is 3. The normalized spacial score (nSPS) is 20.1. The number of aromatic nitrogens is 2. The predicted octanol–water partition coefficient (Wildman–Crippen LogP) is 2.73.